The fourth-order valence-corrected chi connectivity index (χ4v) is 0.401. The molecule has 0 spiro atoms. The molecule has 0 fully saturated rings. The largest absolute Gasteiger partial charge is 0.281 e. The van der Waals surface area contributed by atoms with Crippen LogP contribution in [0.5, 0.6) is 0 Å². The first-order chi connectivity index (χ1) is 3.79. The number of hydrogen-bond acceptors (Lipinski definition) is 4. The first-order valence-corrected chi connectivity index (χ1v) is 2.35. The normalized spacial score (nSPS) is 9.12. The Morgan fingerprint density at radius 3 is 2.88 bits per heavy atom. The Bertz CT molecular complexity index is 208. The van der Waals surface area contributed by atoms with Crippen LogP contribution in [0.15, 0.2) is 12.3 Å². The van der Waals surface area contributed by atoms with E-state index in [1.54, 1.807) is 6.20 Å². The van der Waals surface area contributed by atoms with Gasteiger partial charge in [0.1, 0.15) is 0 Å². The van der Waals surface area contributed by atoms with Crippen molar-refractivity contribution in [1.82, 2.24) is 14.4 Å². The van der Waals surface area contributed by atoms with Crippen LogP contribution in [0.25, 0.3) is 0 Å². The Labute approximate surface area is 51.2 Å². The van der Waals surface area contributed by atoms with Crippen LogP contribution in [0, 0.1) is 5.41 Å². The van der Waals surface area contributed by atoms with Crippen molar-refractivity contribution in [3.05, 3.63) is 17.8 Å². The maximum atomic E-state index is 6.87. The molecule has 0 saturated carbocycles. The molecule has 8 heavy (non-hydrogen) atoms. The molecule has 0 bridgehead atoms. The number of hydrogen-bond donors (Lipinski definition) is 2. The Morgan fingerprint density at radius 1 is 1.75 bits per heavy atom. The van der Waals surface area contributed by atoms with E-state index in [0.29, 0.717) is 0 Å². The Morgan fingerprint density at radius 2 is 2.50 bits per heavy atom. The highest BCUT2D eigenvalue weighted by Gasteiger charge is 1.76. The molecular weight excluding hydrogens is 124 g/mol. The summed E-state index contributed by atoms with van der Waals surface area (Å²) in [6.45, 7) is 0. The Hall–Kier alpha value is -0.840. The number of thiol groups is 1. The molecule has 0 aliphatic heterocycles. The third kappa shape index (κ3) is 1.06. The van der Waals surface area contributed by atoms with Crippen molar-refractivity contribution in [3.8, 4) is 0 Å². The summed E-state index contributed by atoms with van der Waals surface area (Å²) in [5.41, 5.74) is 0.148. The number of nitrogens with one attached hydrogen (secondary N) is 1. The van der Waals surface area contributed by atoms with E-state index in [2.05, 4.69) is 23.1 Å². The summed E-state index contributed by atoms with van der Waals surface area (Å²) in [5.74, 6) is 0. The molecule has 5 heteroatoms. The van der Waals surface area contributed by atoms with Gasteiger partial charge in [-0.25, -0.2) is 0 Å². The van der Waals surface area contributed by atoms with E-state index in [4.69, 9.17) is 5.41 Å². The highest BCUT2D eigenvalue weighted by Crippen LogP contribution is 1.73. The zero-order valence-corrected chi connectivity index (χ0v) is 4.84. The molecule has 42 valence electrons. The van der Waals surface area contributed by atoms with Crippen molar-refractivity contribution in [2.45, 2.75) is 0 Å². The second kappa shape index (κ2) is 1.95. The predicted octanol–water partition coefficient (Wildman–Crippen LogP) is -0.550. The van der Waals surface area contributed by atoms with Crippen molar-refractivity contribution in [2.75, 3.05) is 0 Å². The SMILES string of the molecule is N=c1ccn(S)nn1. The molecule has 0 aliphatic rings. The van der Waals surface area contributed by atoms with Crippen LogP contribution in [0.3, 0.4) is 0 Å². The van der Waals surface area contributed by atoms with Gasteiger partial charge in [-0.05, 0) is 12.8 Å². The van der Waals surface area contributed by atoms with E-state index in [0.717, 1.165) is 0 Å². The second-order valence-electron chi connectivity index (χ2n) is 1.21. The number of nitrogens with zero attached hydrogens (tertiary/aromatic N) is 3. The van der Waals surface area contributed by atoms with Crippen molar-refractivity contribution in [2.24, 2.45) is 0 Å². The molecule has 1 heterocycles. The molecule has 1 aromatic heterocycles. The predicted molar refractivity (Wildman–Crippen MR) is 30.3 cm³/mol. The van der Waals surface area contributed by atoms with Crippen LogP contribution in [0.4, 0.5) is 0 Å². The number of aromatic nitrogens is 3. The van der Waals surface area contributed by atoms with Gasteiger partial charge in [0.25, 0.3) is 0 Å². The molecule has 0 unspecified atom stereocenters. The van der Waals surface area contributed by atoms with Gasteiger partial charge in [-0.15, -0.1) is 5.10 Å². The minimum absolute atomic E-state index is 0.148. The molecule has 0 saturated heterocycles. The van der Waals surface area contributed by atoms with Crippen LogP contribution in [0.1, 0.15) is 0 Å². The van der Waals surface area contributed by atoms with E-state index in [-0.39, 0.29) is 5.49 Å². The van der Waals surface area contributed by atoms with Crippen LogP contribution >= 0.6 is 12.8 Å². The molecule has 0 atom stereocenters. The Balaban J connectivity index is 3.22. The van der Waals surface area contributed by atoms with Gasteiger partial charge in [-0.1, -0.05) is 5.21 Å². The zero-order valence-electron chi connectivity index (χ0n) is 3.94. The first-order valence-electron chi connectivity index (χ1n) is 1.95. The standard InChI is InChI=1S/C3H4N4S/c4-3-1-2-7(8)6-5-3/h1-2,4,8H. The van der Waals surface area contributed by atoms with E-state index in [1.165, 1.54) is 10.2 Å². The van der Waals surface area contributed by atoms with Crippen LogP contribution in [0.2, 0.25) is 0 Å². The maximum absolute atomic E-state index is 6.87. The summed E-state index contributed by atoms with van der Waals surface area (Å²) < 4.78 is 1.23. The van der Waals surface area contributed by atoms with Gasteiger partial charge in [-0.2, -0.15) is 4.09 Å². The molecule has 0 aromatic carbocycles. The Kier molecular flexibility index (Phi) is 1.29. The summed E-state index contributed by atoms with van der Waals surface area (Å²) >= 11 is 3.79. The molecule has 0 aliphatic carbocycles. The smallest absolute Gasteiger partial charge is 0.170 e. The lowest BCUT2D eigenvalue weighted by atomic mass is 10.7. The summed E-state index contributed by atoms with van der Waals surface area (Å²) in [6, 6.07) is 1.50. The first kappa shape index (κ1) is 5.30. The van der Waals surface area contributed by atoms with Gasteiger partial charge in [-0.3, -0.25) is 5.41 Å². The van der Waals surface area contributed by atoms with Crippen LogP contribution < -0.4 is 5.49 Å². The van der Waals surface area contributed by atoms with Crippen molar-refractivity contribution in [1.29, 1.82) is 5.41 Å². The lowest BCUT2D eigenvalue weighted by molar-refractivity contribution is 0.782. The molecule has 1 N–H and O–H groups in total. The minimum atomic E-state index is 0.148. The third-order valence-corrected chi connectivity index (χ3v) is 0.823. The minimum Gasteiger partial charge on any atom is -0.281 e. The van der Waals surface area contributed by atoms with E-state index < -0.39 is 0 Å². The summed E-state index contributed by atoms with van der Waals surface area (Å²) in [7, 11) is 0. The van der Waals surface area contributed by atoms with Gasteiger partial charge >= 0.3 is 0 Å². The average molecular weight is 128 g/mol. The van der Waals surface area contributed by atoms with Crippen LogP contribution in [-0.2, 0) is 0 Å². The molecule has 1 aromatic rings. The number of rotatable bonds is 0. The van der Waals surface area contributed by atoms with Crippen LogP contribution in [-0.4, -0.2) is 14.4 Å². The average Bonchev–Trinajstić information content (AvgIpc) is 1.77. The van der Waals surface area contributed by atoms with Gasteiger partial charge in [0.05, 0.1) is 0 Å². The van der Waals surface area contributed by atoms with E-state index in [9.17, 15) is 0 Å². The van der Waals surface area contributed by atoms with Gasteiger partial charge < -0.3 is 0 Å². The fourth-order valence-electron chi connectivity index (χ4n) is 0.294. The lowest BCUT2D eigenvalue weighted by Crippen LogP contribution is -2.08. The maximum Gasteiger partial charge on any atom is 0.170 e. The summed E-state index contributed by atoms with van der Waals surface area (Å²) in [4.78, 5) is 0. The second-order valence-corrected chi connectivity index (χ2v) is 1.62. The van der Waals surface area contributed by atoms with E-state index in [1.807, 2.05) is 0 Å². The van der Waals surface area contributed by atoms with Crippen molar-refractivity contribution < 1.29 is 0 Å². The zero-order chi connectivity index (χ0) is 5.98. The molecule has 0 amide bonds. The highest BCUT2D eigenvalue weighted by atomic mass is 32.1. The van der Waals surface area contributed by atoms with E-state index >= 15 is 0 Å². The van der Waals surface area contributed by atoms with Crippen molar-refractivity contribution >= 4 is 12.8 Å². The fraction of sp³-hybridized carbons (Fsp3) is 0. The molecule has 4 nitrogen and oxygen atoms in total. The molecule has 1 rings (SSSR count). The topological polar surface area (TPSA) is 54.6 Å². The lowest BCUT2D eigenvalue weighted by Gasteiger charge is -1.86. The molecular formula is C3H4N4S. The third-order valence-electron chi connectivity index (χ3n) is 0.610. The van der Waals surface area contributed by atoms with Crippen molar-refractivity contribution in [3.63, 3.8) is 0 Å². The van der Waals surface area contributed by atoms with Gasteiger partial charge in [0.15, 0.2) is 5.49 Å². The van der Waals surface area contributed by atoms with Gasteiger partial charge in [0, 0.05) is 12.3 Å². The molecule has 0 radical (unpaired) electrons. The monoisotopic (exact) mass is 128 g/mol. The van der Waals surface area contributed by atoms with Gasteiger partial charge in [0.2, 0.25) is 0 Å². The summed E-state index contributed by atoms with van der Waals surface area (Å²) in [6.07, 6.45) is 1.54. The summed E-state index contributed by atoms with van der Waals surface area (Å²) in [5, 5.41) is 13.7. The quantitative estimate of drug-likeness (QED) is 0.461. The highest BCUT2D eigenvalue weighted by molar-refractivity contribution is 7.78.